The van der Waals surface area contributed by atoms with E-state index in [1.807, 2.05) is 0 Å². The summed E-state index contributed by atoms with van der Waals surface area (Å²) in [5.41, 5.74) is -0.253. The van der Waals surface area contributed by atoms with Gasteiger partial charge in [-0.3, -0.25) is 9.59 Å². The smallest absolute Gasteiger partial charge is 0.305 e. The van der Waals surface area contributed by atoms with E-state index in [0.717, 1.165) is 77.2 Å². The van der Waals surface area contributed by atoms with Crippen LogP contribution in [0.4, 0.5) is 0 Å². The molecule has 0 bridgehead atoms. The Kier molecular flexibility index (Phi) is 19.7. The van der Waals surface area contributed by atoms with E-state index in [1.54, 1.807) is 0 Å². The molecule has 2 saturated heterocycles. The van der Waals surface area contributed by atoms with Crippen molar-refractivity contribution in [1.29, 1.82) is 0 Å². The van der Waals surface area contributed by atoms with E-state index in [4.69, 9.17) is 18.9 Å². The van der Waals surface area contributed by atoms with Crippen LogP contribution < -0.4 is 0 Å². The largest absolute Gasteiger partial charge is 0.466 e. The lowest BCUT2D eigenvalue weighted by Gasteiger charge is -2.34. The lowest BCUT2D eigenvalue weighted by atomic mass is 9.82. The van der Waals surface area contributed by atoms with Crippen molar-refractivity contribution in [2.24, 2.45) is 5.92 Å². The third-order valence-corrected chi connectivity index (χ3v) is 9.28. The first-order chi connectivity index (χ1) is 20.3. The number of ether oxygens (including phenoxy) is 4. The molecule has 6 nitrogen and oxygen atoms in total. The average molecular weight is 595 g/mol. The van der Waals surface area contributed by atoms with E-state index in [1.165, 1.54) is 70.6 Å². The Balaban J connectivity index is 1.92. The lowest BCUT2D eigenvalue weighted by Crippen LogP contribution is -2.32. The summed E-state index contributed by atoms with van der Waals surface area (Å²) in [5, 5.41) is 0. The van der Waals surface area contributed by atoms with Crippen molar-refractivity contribution in [2.75, 3.05) is 26.4 Å². The summed E-state index contributed by atoms with van der Waals surface area (Å²) in [6.45, 7) is 8.82. The Hall–Kier alpha value is -1.14. The van der Waals surface area contributed by atoms with Gasteiger partial charge < -0.3 is 18.9 Å². The normalized spacial score (nSPS) is 29.1. The summed E-state index contributed by atoms with van der Waals surface area (Å²) in [7, 11) is 0. The number of rotatable bonds is 2. The highest BCUT2D eigenvalue weighted by molar-refractivity contribution is 5.69. The molecule has 0 spiro atoms. The molecule has 0 aromatic rings. The third kappa shape index (κ3) is 19.2. The van der Waals surface area contributed by atoms with Crippen molar-refractivity contribution in [3.05, 3.63) is 0 Å². The number of esters is 2. The standard InChI is InChI=1S/C36H66O6/c1-35(2)25-16-10-6-4-8-14-21-32(22-20-24-34(38)40-29-30-41-35)31-36(3)26-17-11-7-5-9-15-23-33(37)39-27-18-12-13-19-28-42-36/h32H,4-31H2,1-3H3. The van der Waals surface area contributed by atoms with E-state index in [-0.39, 0.29) is 23.1 Å². The molecule has 2 aliphatic heterocycles. The predicted molar refractivity (Wildman–Crippen MR) is 171 cm³/mol. The minimum absolute atomic E-state index is 0.0274. The van der Waals surface area contributed by atoms with Crippen LogP contribution >= 0.6 is 0 Å². The van der Waals surface area contributed by atoms with Crippen LogP contribution in [0, 0.1) is 5.92 Å². The van der Waals surface area contributed by atoms with E-state index >= 15 is 0 Å². The zero-order chi connectivity index (χ0) is 30.4. The zero-order valence-corrected chi connectivity index (χ0v) is 27.8. The molecule has 0 radical (unpaired) electrons. The molecule has 246 valence electrons. The first-order valence-electron chi connectivity index (χ1n) is 17.9. The number of hydrogen-bond acceptors (Lipinski definition) is 6. The van der Waals surface area contributed by atoms with Gasteiger partial charge in [-0.15, -0.1) is 0 Å². The second kappa shape index (κ2) is 22.4. The van der Waals surface area contributed by atoms with Crippen molar-refractivity contribution >= 4 is 11.9 Å². The Morgan fingerprint density at radius 2 is 1.05 bits per heavy atom. The molecule has 2 heterocycles. The fraction of sp³-hybridized carbons (Fsp3) is 0.944. The second-order valence-corrected chi connectivity index (χ2v) is 14.0. The fourth-order valence-electron chi connectivity index (χ4n) is 6.65. The Bertz CT molecular complexity index is 683. The zero-order valence-electron chi connectivity index (χ0n) is 27.8. The molecular formula is C36H66O6. The van der Waals surface area contributed by atoms with Crippen LogP contribution in [0.5, 0.6) is 0 Å². The van der Waals surface area contributed by atoms with Crippen molar-refractivity contribution in [3.63, 3.8) is 0 Å². The number of carbonyl (C=O) groups is 2. The first kappa shape index (κ1) is 37.0. The predicted octanol–water partition coefficient (Wildman–Crippen LogP) is 9.65. The summed E-state index contributed by atoms with van der Waals surface area (Å²) in [5.74, 6) is 0.462. The van der Waals surface area contributed by atoms with Crippen molar-refractivity contribution in [3.8, 4) is 0 Å². The molecule has 2 rings (SSSR count). The van der Waals surface area contributed by atoms with Crippen LogP contribution in [0.15, 0.2) is 0 Å². The molecule has 2 unspecified atom stereocenters. The van der Waals surface area contributed by atoms with Crippen LogP contribution in [-0.2, 0) is 28.5 Å². The summed E-state index contributed by atoms with van der Waals surface area (Å²) >= 11 is 0. The van der Waals surface area contributed by atoms with E-state index in [0.29, 0.717) is 38.6 Å². The highest BCUT2D eigenvalue weighted by Gasteiger charge is 2.29. The van der Waals surface area contributed by atoms with Gasteiger partial charge in [-0.1, -0.05) is 83.5 Å². The molecule has 0 aromatic heterocycles. The Morgan fingerprint density at radius 3 is 1.79 bits per heavy atom. The molecule has 6 heteroatoms. The van der Waals surface area contributed by atoms with Gasteiger partial charge in [0.25, 0.3) is 0 Å². The van der Waals surface area contributed by atoms with Gasteiger partial charge in [0.15, 0.2) is 0 Å². The third-order valence-electron chi connectivity index (χ3n) is 9.28. The number of hydrogen-bond donors (Lipinski definition) is 0. The summed E-state index contributed by atoms with van der Waals surface area (Å²) in [6.07, 6.45) is 26.2. The number of carbonyl (C=O) groups excluding carboxylic acids is 2. The average Bonchev–Trinajstić information content (AvgIpc) is 2.94. The Labute approximate surface area is 258 Å². The van der Waals surface area contributed by atoms with Crippen LogP contribution in [0.2, 0.25) is 0 Å². The molecule has 0 aliphatic carbocycles. The summed E-state index contributed by atoms with van der Waals surface area (Å²) < 4.78 is 23.6. The van der Waals surface area contributed by atoms with Gasteiger partial charge in [0.2, 0.25) is 0 Å². The first-order valence-corrected chi connectivity index (χ1v) is 17.9. The van der Waals surface area contributed by atoms with Crippen LogP contribution in [0.3, 0.4) is 0 Å². The molecular weight excluding hydrogens is 528 g/mol. The van der Waals surface area contributed by atoms with E-state index in [9.17, 15) is 9.59 Å². The molecule has 0 N–H and O–H groups in total. The second-order valence-electron chi connectivity index (χ2n) is 14.0. The van der Waals surface area contributed by atoms with Crippen molar-refractivity contribution in [1.82, 2.24) is 0 Å². The molecule has 2 atom stereocenters. The maximum absolute atomic E-state index is 12.4. The minimum atomic E-state index is -0.149. The summed E-state index contributed by atoms with van der Waals surface area (Å²) in [4.78, 5) is 24.3. The lowest BCUT2D eigenvalue weighted by molar-refractivity contribution is -0.147. The molecule has 0 saturated carbocycles. The highest BCUT2D eigenvalue weighted by Crippen LogP contribution is 2.33. The van der Waals surface area contributed by atoms with Crippen LogP contribution in [-0.4, -0.2) is 49.6 Å². The summed E-state index contributed by atoms with van der Waals surface area (Å²) in [6, 6.07) is 0. The molecule has 2 fully saturated rings. The van der Waals surface area contributed by atoms with Gasteiger partial charge in [0, 0.05) is 19.4 Å². The maximum atomic E-state index is 12.4. The van der Waals surface area contributed by atoms with Crippen molar-refractivity contribution in [2.45, 2.75) is 186 Å². The van der Waals surface area contributed by atoms with Gasteiger partial charge in [0.1, 0.15) is 6.61 Å². The van der Waals surface area contributed by atoms with Crippen molar-refractivity contribution < 1.29 is 28.5 Å². The molecule has 0 aromatic carbocycles. The van der Waals surface area contributed by atoms with Gasteiger partial charge >= 0.3 is 11.9 Å². The quantitative estimate of drug-likeness (QED) is 0.296. The SMILES string of the molecule is CC1(C)CCCCCCCCC(CC2(C)CCCCCCCCC(=O)OCCCCCCO2)CCCC(=O)OCCO1. The van der Waals surface area contributed by atoms with Gasteiger partial charge in [0.05, 0.1) is 24.4 Å². The van der Waals surface area contributed by atoms with Gasteiger partial charge in [-0.05, 0) is 84.5 Å². The van der Waals surface area contributed by atoms with Gasteiger partial charge in [-0.2, -0.15) is 0 Å². The minimum Gasteiger partial charge on any atom is -0.466 e. The van der Waals surface area contributed by atoms with Crippen LogP contribution in [0.25, 0.3) is 0 Å². The van der Waals surface area contributed by atoms with Gasteiger partial charge in [-0.25, -0.2) is 0 Å². The Morgan fingerprint density at radius 1 is 0.524 bits per heavy atom. The van der Waals surface area contributed by atoms with E-state index < -0.39 is 0 Å². The number of cyclic esters (lactones) is 2. The van der Waals surface area contributed by atoms with Crippen LogP contribution in [0.1, 0.15) is 175 Å². The topological polar surface area (TPSA) is 71.1 Å². The van der Waals surface area contributed by atoms with E-state index in [2.05, 4.69) is 20.8 Å². The molecule has 42 heavy (non-hydrogen) atoms. The highest BCUT2D eigenvalue weighted by atomic mass is 16.6. The fourth-order valence-corrected chi connectivity index (χ4v) is 6.65. The monoisotopic (exact) mass is 594 g/mol. The molecule has 2 aliphatic rings. The molecule has 0 amide bonds. The maximum Gasteiger partial charge on any atom is 0.305 e.